The molecule has 7 heteroatoms. The average Bonchev–Trinajstić information content (AvgIpc) is 2.88. The van der Waals surface area contributed by atoms with E-state index < -0.39 is 5.97 Å². The van der Waals surface area contributed by atoms with E-state index in [-0.39, 0.29) is 23.3 Å². The smallest absolute Gasteiger partial charge is 0.306 e. The van der Waals surface area contributed by atoms with Crippen LogP contribution in [0.5, 0.6) is 0 Å². The molecule has 6 nitrogen and oxygen atoms in total. The number of carbonyl (C=O) groups is 2. The molecule has 1 saturated carbocycles. The van der Waals surface area contributed by atoms with Crippen molar-refractivity contribution < 1.29 is 14.7 Å². The van der Waals surface area contributed by atoms with Crippen molar-refractivity contribution in [2.45, 2.75) is 57.9 Å². The van der Waals surface area contributed by atoms with Gasteiger partial charge in [0.05, 0.1) is 11.6 Å². The lowest BCUT2D eigenvalue weighted by Crippen LogP contribution is -2.40. The molecule has 0 bridgehead atoms. The Kier molecular flexibility index (Phi) is 4.61. The van der Waals surface area contributed by atoms with E-state index in [1.54, 1.807) is 0 Å². The van der Waals surface area contributed by atoms with Crippen molar-refractivity contribution in [3.05, 3.63) is 10.6 Å². The van der Waals surface area contributed by atoms with E-state index in [2.05, 4.69) is 14.9 Å². The van der Waals surface area contributed by atoms with E-state index in [4.69, 9.17) is 5.11 Å². The molecule has 0 aromatic carbocycles. The van der Waals surface area contributed by atoms with Gasteiger partial charge in [0.25, 0.3) is 5.91 Å². The van der Waals surface area contributed by atoms with E-state index in [0.29, 0.717) is 23.4 Å². The predicted octanol–water partition coefficient (Wildman–Crippen LogP) is 2.21. The van der Waals surface area contributed by atoms with E-state index >= 15 is 0 Å². The van der Waals surface area contributed by atoms with Crippen molar-refractivity contribution >= 4 is 23.4 Å². The first-order valence-electron chi connectivity index (χ1n) is 7.15. The number of carbonyl (C=O) groups excluding carboxylic acids is 1. The van der Waals surface area contributed by atoms with Gasteiger partial charge < -0.3 is 10.4 Å². The first-order valence-corrected chi connectivity index (χ1v) is 7.93. The summed E-state index contributed by atoms with van der Waals surface area (Å²) >= 11 is 1.09. The van der Waals surface area contributed by atoms with Gasteiger partial charge in [0, 0.05) is 11.5 Å². The molecule has 116 valence electrons. The van der Waals surface area contributed by atoms with Crippen LogP contribution in [0, 0.1) is 5.92 Å². The molecule has 1 aromatic rings. The van der Waals surface area contributed by atoms with Gasteiger partial charge in [0.2, 0.25) is 0 Å². The first kappa shape index (κ1) is 15.9. The van der Waals surface area contributed by atoms with E-state index in [1.807, 2.05) is 20.8 Å². The molecule has 1 amide bonds. The summed E-state index contributed by atoms with van der Waals surface area (Å²) in [6.07, 6.45) is 2.84. The maximum Gasteiger partial charge on any atom is 0.306 e. The van der Waals surface area contributed by atoms with Crippen LogP contribution in [0.15, 0.2) is 0 Å². The zero-order chi connectivity index (χ0) is 15.6. The van der Waals surface area contributed by atoms with Crippen molar-refractivity contribution in [3.8, 4) is 0 Å². The Balaban J connectivity index is 2.05. The summed E-state index contributed by atoms with van der Waals surface area (Å²) in [4.78, 5) is 24.0. The predicted molar refractivity (Wildman–Crippen MR) is 79.5 cm³/mol. The summed E-state index contributed by atoms with van der Waals surface area (Å²) in [5, 5.41) is 16.1. The third-order valence-corrected chi connectivity index (χ3v) is 4.49. The lowest BCUT2D eigenvalue weighted by atomic mass is 9.85. The lowest BCUT2D eigenvalue weighted by Gasteiger charge is -2.27. The fourth-order valence-corrected chi connectivity index (χ4v) is 3.41. The summed E-state index contributed by atoms with van der Waals surface area (Å²) in [5.74, 6) is -1.32. The van der Waals surface area contributed by atoms with Gasteiger partial charge in [-0.25, -0.2) is 0 Å². The van der Waals surface area contributed by atoms with Crippen LogP contribution in [0.3, 0.4) is 0 Å². The van der Waals surface area contributed by atoms with Crippen LogP contribution >= 0.6 is 11.5 Å². The Labute approximate surface area is 128 Å². The van der Waals surface area contributed by atoms with Crippen LogP contribution in [0.4, 0.5) is 0 Å². The highest BCUT2D eigenvalue weighted by Crippen LogP contribution is 2.27. The van der Waals surface area contributed by atoms with Crippen molar-refractivity contribution in [1.29, 1.82) is 0 Å². The molecular weight excluding hydrogens is 290 g/mol. The second-order valence-corrected chi connectivity index (χ2v) is 7.33. The molecule has 0 saturated heterocycles. The molecule has 1 aromatic heterocycles. The molecule has 0 aliphatic heterocycles. The van der Waals surface area contributed by atoms with E-state index in [0.717, 1.165) is 24.4 Å². The fourth-order valence-electron chi connectivity index (χ4n) is 2.63. The van der Waals surface area contributed by atoms with Gasteiger partial charge in [-0.3, -0.25) is 9.59 Å². The van der Waals surface area contributed by atoms with Gasteiger partial charge in [-0.2, -0.15) is 0 Å². The minimum atomic E-state index is -0.774. The van der Waals surface area contributed by atoms with Crippen LogP contribution in [-0.2, 0) is 10.2 Å². The number of aliphatic carboxylic acids is 1. The monoisotopic (exact) mass is 311 g/mol. The molecule has 1 heterocycles. The fraction of sp³-hybridized carbons (Fsp3) is 0.714. The molecular formula is C14H21N3O3S. The largest absolute Gasteiger partial charge is 0.481 e. The van der Waals surface area contributed by atoms with Gasteiger partial charge in [0.1, 0.15) is 4.88 Å². The Hall–Kier alpha value is -1.50. The standard InChI is InChI=1S/C14H21N3O3S/c1-14(2,3)11-10(21-17-16-11)12(18)15-9-6-4-5-8(7-9)13(19)20/h8-9H,4-7H2,1-3H3,(H,15,18)(H,19,20). The number of aromatic nitrogens is 2. The third kappa shape index (κ3) is 3.78. The minimum Gasteiger partial charge on any atom is -0.481 e. The Morgan fingerprint density at radius 2 is 2.05 bits per heavy atom. The SMILES string of the molecule is CC(C)(C)c1nnsc1C(=O)NC1CCCC(C(=O)O)C1. The van der Waals surface area contributed by atoms with Gasteiger partial charge in [-0.05, 0) is 30.8 Å². The Bertz CT molecular complexity index is 536. The first-order chi connectivity index (χ1) is 9.79. The van der Waals surface area contributed by atoms with E-state index in [1.165, 1.54) is 0 Å². The summed E-state index contributed by atoms with van der Waals surface area (Å²) in [5.41, 5.74) is 0.450. The number of carboxylic acid groups (broad SMARTS) is 1. The minimum absolute atomic E-state index is 0.0812. The van der Waals surface area contributed by atoms with Crippen molar-refractivity contribution in [2.24, 2.45) is 5.92 Å². The number of rotatable bonds is 3. The average molecular weight is 311 g/mol. The summed E-state index contributed by atoms with van der Waals surface area (Å²) in [7, 11) is 0. The second-order valence-electron chi connectivity index (χ2n) is 6.57. The summed E-state index contributed by atoms with van der Waals surface area (Å²) < 4.78 is 3.88. The summed E-state index contributed by atoms with van der Waals surface area (Å²) in [6.45, 7) is 5.96. The number of hydrogen-bond donors (Lipinski definition) is 2. The maximum absolute atomic E-state index is 12.4. The van der Waals surface area contributed by atoms with Crippen LogP contribution in [-0.4, -0.2) is 32.6 Å². The molecule has 1 fully saturated rings. The number of nitrogens with one attached hydrogen (secondary N) is 1. The zero-order valence-electron chi connectivity index (χ0n) is 12.5. The number of carboxylic acids is 1. The number of hydrogen-bond acceptors (Lipinski definition) is 5. The quantitative estimate of drug-likeness (QED) is 0.893. The topological polar surface area (TPSA) is 92.2 Å². The Morgan fingerprint density at radius 1 is 1.33 bits per heavy atom. The normalized spacial score (nSPS) is 22.8. The highest BCUT2D eigenvalue weighted by atomic mass is 32.1. The van der Waals surface area contributed by atoms with Crippen LogP contribution in [0.1, 0.15) is 61.8 Å². The number of amides is 1. The summed E-state index contributed by atoms with van der Waals surface area (Å²) in [6, 6.07) is -0.0812. The third-order valence-electron chi connectivity index (χ3n) is 3.76. The molecule has 1 aliphatic rings. The van der Waals surface area contributed by atoms with Crippen molar-refractivity contribution in [1.82, 2.24) is 14.9 Å². The number of nitrogens with zero attached hydrogens (tertiary/aromatic N) is 2. The zero-order valence-corrected chi connectivity index (χ0v) is 13.4. The van der Waals surface area contributed by atoms with Crippen molar-refractivity contribution in [3.63, 3.8) is 0 Å². The molecule has 2 N–H and O–H groups in total. The molecule has 21 heavy (non-hydrogen) atoms. The molecule has 1 aliphatic carbocycles. The molecule has 2 unspecified atom stereocenters. The Morgan fingerprint density at radius 3 is 2.67 bits per heavy atom. The van der Waals surface area contributed by atoms with Crippen LogP contribution in [0.2, 0.25) is 0 Å². The van der Waals surface area contributed by atoms with Gasteiger partial charge in [0.15, 0.2) is 0 Å². The van der Waals surface area contributed by atoms with Gasteiger partial charge >= 0.3 is 5.97 Å². The highest BCUT2D eigenvalue weighted by Gasteiger charge is 2.31. The molecule has 2 atom stereocenters. The van der Waals surface area contributed by atoms with Crippen LogP contribution in [0.25, 0.3) is 0 Å². The molecule has 2 rings (SSSR count). The lowest BCUT2D eigenvalue weighted by molar-refractivity contribution is -0.143. The highest BCUT2D eigenvalue weighted by molar-refractivity contribution is 7.08. The second kappa shape index (κ2) is 6.09. The van der Waals surface area contributed by atoms with Crippen molar-refractivity contribution in [2.75, 3.05) is 0 Å². The van der Waals surface area contributed by atoms with Gasteiger partial charge in [-0.1, -0.05) is 31.7 Å². The van der Waals surface area contributed by atoms with Gasteiger partial charge in [-0.15, -0.1) is 5.10 Å². The maximum atomic E-state index is 12.4. The van der Waals surface area contributed by atoms with E-state index in [9.17, 15) is 9.59 Å². The molecule has 0 radical (unpaired) electrons. The van der Waals surface area contributed by atoms with Crippen LogP contribution < -0.4 is 5.32 Å². The molecule has 0 spiro atoms.